The van der Waals surface area contributed by atoms with Gasteiger partial charge in [0, 0.05) is 0 Å². The van der Waals surface area contributed by atoms with Crippen molar-refractivity contribution in [3.05, 3.63) is 47.5 Å². The number of rotatable bonds is 1. The summed E-state index contributed by atoms with van der Waals surface area (Å²) in [6.07, 6.45) is 3.85. The monoisotopic (exact) mass is 284 g/mol. The molecule has 1 aromatic rings. The first-order valence-electron chi connectivity index (χ1n) is 6.39. The summed E-state index contributed by atoms with van der Waals surface area (Å²) >= 11 is 0. The van der Waals surface area contributed by atoms with Gasteiger partial charge in [-0.15, -0.1) is 0 Å². The quantitative estimate of drug-likeness (QED) is 0.652. The van der Waals surface area contributed by atoms with Crippen LogP contribution in [-0.2, 0) is 9.59 Å². The van der Waals surface area contributed by atoms with E-state index in [4.69, 9.17) is 0 Å². The smallest absolute Gasteiger partial charge is 0.328 e. The van der Waals surface area contributed by atoms with Crippen molar-refractivity contribution in [2.75, 3.05) is 0 Å². The Morgan fingerprint density at radius 2 is 1.71 bits per heavy atom. The standard InChI is InChI=1S/C15H12N2O4/c18-12-6-5-8-3-1-2-4-9(8)10(12)7-11-13(19)16-15(21)17-14(11)20/h1-7,11-12,18H,(H2,16,17,19,20,21). The third-order valence-corrected chi connectivity index (χ3v) is 3.43. The van der Waals surface area contributed by atoms with Crippen LogP contribution in [0.15, 0.2) is 36.4 Å². The zero-order valence-electron chi connectivity index (χ0n) is 10.9. The van der Waals surface area contributed by atoms with Crippen LogP contribution in [0.1, 0.15) is 11.1 Å². The molecule has 21 heavy (non-hydrogen) atoms. The average molecular weight is 284 g/mol. The van der Waals surface area contributed by atoms with Gasteiger partial charge in [0.1, 0.15) is 5.92 Å². The molecule has 1 aliphatic heterocycles. The van der Waals surface area contributed by atoms with Crippen LogP contribution in [0.5, 0.6) is 0 Å². The number of imide groups is 2. The van der Waals surface area contributed by atoms with Crippen molar-refractivity contribution >= 4 is 29.5 Å². The molecule has 0 radical (unpaired) electrons. The van der Waals surface area contributed by atoms with E-state index in [1.807, 2.05) is 28.8 Å². The molecule has 1 aliphatic carbocycles. The van der Waals surface area contributed by atoms with Crippen LogP contribution < -0.4 is 10.6 Å². The number of aliphatic hydroxyl groups excluding tert-OH is 1. The minimum absolute atomic E-state index is 0.470. The number of barbiturate groups is 1. The van der Waals surface area contributed by atoms with Crippen LogP contribution in [0.4, 0.5) is 4.79 Å². The first-order chi connectivity index (χ1) is 10.1. The van der Waals surface area contributed by atoms with Gasteiger partial charge in [-0.1, -0.05) is 42.5 Å². The van der Waals surface area contributed by atoms with Gasteiger partial charge >= 0.3 is 6.03 Å². The molecule has 1 fully saturated rings. The Kier molecular flexibility index (Phi) is 3.15. The number of hydrogen-bond donors (Lipinski definition) is 3. The van der Waals surface area contributed by atoms with Crippen molar-refractivity contribution < 1.29 is 19.5 Å². The first kappa shape index (κ1) is 13.3. The van der Waals surface area contributed by atoms with E-state index >= 15 is 0 Å². The van der Waals surface area contributed by atoms with Gasteiger partial charge in [0.2, 0.25) is 11.8 Å². The van der Waals surface area contributed by atoms with Gasteiger partial charge < -0.3 is 5.11 Å². The van der Waals surface area contributed by atoms with E-state index in [1.54, 1.807) is 18.2 Å². The number of hydrogen-bond acceptors (Lipinski definition) is 4. The summed E-state index contributed by atoms with van der Waals surface area (Å²) in [6.45, 7) is 0. The lowest BCUT2D eigenvalue weighted by molar-refractivity contribution is -0.133. The zero-order chi connectivity index (χ0) is 15.0. The summed E-state index contributed by atoms with van der Waals surface area (Å²) in [7, 11) is 0. The normalized spacial score (nSPS) is 23.8. The van der Waals surface area contributed by atoms with Crippen molar-refractivity contribution in [1.82, 2.24) is 10.6 Å². The number of carbonyl (C=O) groups is 3. The van der Waals surface area contributed by atoms with Gasteiger partial charge in [-0.25, -0.2) is 4.79 Å². The number of aliphatic hydroxyl groups is 1. The second-order valence-electron chi connectivity index (χ2n) is 4.80. The third-order valence-electron chi connectivity index (χ3n) is 3.43. The number of urea groups is 1. The molecule has 1 heterocycles. The summed E-state index contributed by atoms with van der Waals surface area (Å²) in [5.74, 6) is -2.54. The molecular weight excluding hydrogens is 272 g/mol. The Labute approximate surface area is 120 Å². The van der Waals surface area contributed by atoms with Crippen molar-refractivity contribution in [1.29, 1.82) is 0 Å². The number of nitrogens with one attached hydrogen (secondary N) is 2. The van der Waals surface area contributed by atoms with E-state index in [0.717, 1.165) is 11.1 Å². The Morgan fingerprint density at radius 1 is 1.05 bits per heavy atom. The molecule has 0 saturated carbocycles. The third kappa shape index (κ3) is 2.36. The number of carbonyl (C=O) groups excluding carboxylic acids is 3. The van der Waals surface area contributed by atoms with Gasteiger partial charge in [-0.2, -0.15) is 0 Å². The molecule has 6 heteroatoms. The summed E-state index contributed by atoms with van der Waals surface area (Å²) < 4.78 is 0. The lowest BCUT2D eigenvalue weighted by Crippen LogP contribution is -2.55. The van der Waals surface area contributed by atoms with Crippen molar-refractivity contribution in [3.63, 3.8) is 0 Å². The Bertz CT molecular complexity index is 685. The fourth-order valence-electron chi connectivity index (χ4n) is 2.41. The minimum Gasteiger partial charge on any atom is -0.384 e. The second-order valence-corrected chi connectivity index (χ2v) is 4.80. The van der Waals surface area contributed by atoms with Crippen LogP contribution in [0.25, 0.3) is 11.6 Å². The number of fused-ring (bicyclic) bond motifs is 1. The molecule has 106 valence electrons. The van der Waals surface area contributed by atoms with Crippen molar-refractivity contribution in [3.8, 4) is 0 Å². The molecule has 4 amide bonds. The molecule has 2 aliphatic rings. The number of amides is 4. The minimum atomic E-state index is -1.15. The lowest BCUT2D eigenvalue weighted by Gasteiger charge is -2.23. The van der Waals surface area contributed by atoms with Crippen LogP contribution in [0, 0.1) is 5.92 Å². The summed E-state index contributed by atoms with van der Waals surface area (Å²) in [5.41, 5.74) is 2.12. The molecule has 0 bridgehead atoms. The predicted octanol–water partition coefficient (Wildman–Crippen LogP) is 0.440. The van der Waals surface area contributed by atoms with Gasteiger partial charge in [0.15, 0.2) is 0 Å². The first-order valence-corrected chi connectivity index (χ1v) is 6.39. The molecule has 0 aromatic heterocycles. The maximum Gasteiger partial charge on any atom is 0.328 e. The van der Waals surface area contributed by atoms with Gasteiger partial charge in [-0.05, 0) is 16.7 Å². The maximum absolute atomic E-state index is 11.8. The van der Waals surface area contributed by atoms with Crippen LogP contribution in [0.2, 0.25) is 0 Å². The molecule has 1 aromatic carbocycles. The molecule has 1 atom stereocenters. The van der Waals surface area contributed by atoms with Gasteiger partial charge in [-0.3, -0.25) is 20.2 Å². The van der Waals surface area contributed by atoms with E-state index in [0.29, 0.717) is 5.57 Å². The van der Waals surface area contributed by atoms with Crippen molar-refractivity contribution in [2.24, 2.45) is 5.92 Å². The lowest BCUT2D eigenvalue weighted by atomic mass is 9.87. The van der Waals surface area contributed by atoms with E-state index in [-0.39, 0.29) is 0 Å². The molecule has 3 rings (SSSR count). The summed E-state index contributed by atoms with van der Waals surface area (Å²) in [5, 5.41) is 14.2. The highest BCUT2D eigenvalue weighted by molar-refractivity contribution is 6.17. The molecule has 1 unspecified atom stereocenters. The molecule has 6 nitrogen and oxygen atoms in total. The summed E-state index contributed by atoms with van der Waals surface area (Å²) in [6, 6.07) is 6.51. The highest BCUT2D eigenvalue weighted by Crippen LogP contribution is 2.30. The van der Waals surface area contributed by atoms with E-state index < -0.39 is 29.9 Å². The van der Waals surface area contributed by atoms with Gasteiger partial charge in [0.25, 0.3) is 0 Å². The number of benzene rings is 1. The van der Waals surface area contributed by atoms with E-state index in [1.165, 1.54) is 6.08 Å². The fourth-order valence-corrected chi connectivity index (χ4v) is 2.41. The average Bonchev–Trinajstić information content (AvgIpc) is 2.44. The topological polar surface area (TPSA) is 95.5 Å². The van der Waals surface area contributed by atoms with Crippen LogP contribution in [0.3, 0.4) is 0 Å². The molecular formula is C15H12N2O4. The zero-order valence-corrected chi connectivity index (χ0v) is 10.9. The predicted molar refractivity (Wildman–Crippen MR) is 74.6 cm³/mol. The molecule has 0 spiro atoms. The maximum atomic E-state index is 11.8. The SMILES string of the molecule is O=C1NC(=O)C(C=C2c3ccccc3C=CC2O)C(=O)N1. The Morgan fingerprint density at radius 3 is 2.43 bits per heavy atom. The highest BCUT2D eigenvalue weighted by atomic mass is 16.3. The molecule has 1 saturated heterocycles. The Hall–Kier alpha value is -2.73. The van der Waals surface area contributed by atoms with E-state index in [9.17, 15) is 19.5 Å². The van der Waals surface area contributed by atoms with E-state index in [2.05, 4.69) is 0 Å². The fraction of sp³-hybridized carbons (Fsp3) is 0.133. The van der Waals surface area contributed by atoms with Crippen LogP contribution >= 0.6 is 0 Å². The highest BCUT2D eigenvalue weighted by Gasteiger charge is 2.33. The van der Waals surface area contributed by atoms with Crippen LogP contribution in [-0.4, -0.2) is 29.1 Å². The second kappa shape index (κ2) is 4.99. The van der Waals surface area contributed by atoms with Crippen molar-refractivity contribution in [2.45, 2.75) is 6.10 Å². The summed E-state index contributed by atoms with van der Waals surface area (Å²) in [4.78, 5) is 34.6. The van der Waals surface area contributed by atoms with Gasteiger partial charge in [0.05, 0.1) is 6.10 Å². The molecule has 3 N–H and O–H groups in total. The largest absolute Gasteiger partial charge is 0.384 e. The Balaban J connectivity index is 2.02.